The summed E-state index contributed by atoms with van der Waals surface area (Å²) in [7, 11) is 0. The molecule has 3 rings (SSSR count). The Hall–Kier alpha value is -1.42. The zero-order valence-corrected chi connectivity index (χ0v) is 11.5. The van der Waals surface area contributed by atoms with Gasteiger partial charge >= 0.3 is 0 Å². The molecular formula is C14H11Cl2NO2. The SMILES string of the molecule is NCc1c(Cl)ccc(-c2ccc3c(c2)OCO3)c1Cl. The summed E-state index contributed by atoms with van der Waals surface area (Å²) in [6.07, 6.45) is 0. The van der Waals surface area contributed by atoms with Crippen molar-refractivity contribution in [1.29, 1.82) is 0 Å². The maximum absolute atomic E-state index is 6.36. The predicted octanol–water partition coefficient (Wildman–Crippen LogP) is 3.85. The molecule has 0 fully saturated rings. The first-order valence-electron chi connectivity index (χ1n) is 5.77. The number of ether oxygens (including phenoxy) is 2. The lowest BCUT2D eigenvalue weighted by atomic mass is 10.0. The Bertz CT molecular complexity index is 644. The lowest BCUT2D eigenvalue weighted by molar-refractivity contribution is 0.174. The van der Waals surface area contributed by atoms with Crippen LogP contribution >= 0.6 is 23.2 Å². The van der Waals surface area contributed by atoms with Gasteiger partial charge in [0.15, 0.2) is 11.5 Å². The second-order valence-electron chi connectivity index (χ2n) is 4.16. The van der Waals surface area contributed by atoms with Gasteiger partial charge in [-0.25, -0.2) is 0 Å². The number of fused-ring (bicyclic) bond motifs is 1. The highest BCUT2D eigenvalue weighted by atomic mass is 35.5. The van der Waals surface area contributed by atoms with Crippen molar-refractivity contribution in [3.05, 3.63) is 45.9 Å². The van der Waals surface area contributed by atoms with Gasteiger partial charge in [0.25, 0.3) is 0 Å². The van der Waals surface area contributed by atoms with Crippen molar-refractivity contribution in [1.82, 2.24) is 0 Å². The molecule has 2 aromatic rings. The molecule has 0 saturated heterocycles. The first-order chi connectivity index (χ1) is 9.20. The molecule has 0 aromatic heterocycles. The molecule has 2 N–H and O–H groups in total. The van der Waals surface area contributed by atoms with Crippen LogP contribution in [0.1, 0.15) is 5.56 Å². The molecule has 0 saturated carbocycles. The average Bonchev–Trinajstić information content (AvgIpc) is 2.86. The van der Waals surface area contributed by atoms with Crippen molar-refractivity contribution in [2.24, 2.45) is 5.73 Å². The second-order valence-corrected chi connectivity index (χ2v) is 4.94. The number of benzene rings is 2. The van der Waals surface area contributed by atoms with Crippen molar-refractivity contribution in [3.8, 4) is 22.6 Å². The molecule has 0 atom stereocenters. The Labute approximate surface area is 120 Å². The summed E-state index contributed by atoms with van der Waals surface area (Å²) in [5.74, 6) is 1.46. The van der Waals surface area contributed by atoms with Crippen LogP contribution in [0.2, 0.25) is 10.0 Å². The van der Waals surface area contributed by atoms with Gasteiger partial charge < -0.3 is 15.2 Å². The Balaban J connectivity index is 2.12. The molecule has 1 aliphatic heterocycles. The molecule has 0 unspecified atom stereocenters. The fraction of sp³-hybridized carbons (Fsp3) is 0.143. The average molecular weight is 296 g/mol. The molecular weight excluding hydrogens is 285 g/mol. The summed E-state index contributed by atoms with van der Waals surface area (Å²) in [4.78, 5) is 0. The van der Waals surface area contributed by atoms with E-state index >= 15 is 0 Å². The predicted molar refractivity (Wildman–Crippen MR) is 75.9 cm³/mol. The number of rotatable bonds is 2. The van der Waals surface area contributed by atoms with Crippen molar-refractivity contribution in [2.75, 3.05) is 6.79 Å². The zero-order valence-electron chi connectivity index (χ0n) is 9.95. The van der Waals surface area contributed by atoms with Gasteiger partial charge in [0.1, 0.15) is 0 Å². The molecule has 0 aliphatic carbocycles. The first-order valence-corrected chi connectivity index (χ1v) is 6.53. The Morgan fingerprint density at radius 2 is 1.84 bits per heavy atom. The minimum Gasteiger partial charge on any atom is -0.454 e. The van der Waals surface area contributed by atoms with Gasteiger partial charge in [-0.1, -0.05) is 35.3 Å². The molecule has 98 valence electrons. The lowest BCUT2D eigenvalue weighted by Crippen LogP contribution is -1.99. The fourth-order valence-electron chi connectivity index (χ4n) is 2.07. The number of nitrogens with two attached hydrogens (primary N) is 1. The van der Waals surface area contributed by atoms with E-state index in [1.165, 1.54) is 0 Å². The molecule has 19 heavy (non-hydrogen) atoms. The topological polar surface area (TPSA) is 44.5 Å². The van der Waals surface area contributed by atoms with Crippen LogP contribution in [-0.2, 0) is 6.54 Å². The molecule has 5 heteroatoms. The van der Waals surface area contributed by atoms with Crippen LogP contribution in [0.15, 0.2) is 30.3 Å². The van der Waals surface area contributed by atoms with Crippen LogP contribution in [0, 0.1) is 0 Å². The second kappa shape index (κ2) is 4.93. The molecule has 3 nitrogen and oxygen atoms in total. The van der Waals surface area contributed by atoms with E-state index < -0.39 is 0 Å². The van der Waals surface area contributed by atoms with Gasteiger partial charge in [-0.15, -0.1) is 0 Å². The molecule has 2 aromatic carbocycles. The third-order valence-electron chi connectivity index (χ3n) is 3.07. The van der Waals surface area contributed by atoms with Crippen molar-refractivity contribution >= 4 is 23.2 Å². The molecule has 0 spiro atoms. The summed E-state index contributed by atoms with van der Waals surface area (Å²) < 4.78 is 10.7. The Morgan fingerprint density at radius 3 is 2.63 bits per heavy atom. The van der Waals surface area contributed by atoms with Gasteiger partial charge in [0, 0.05) is 22.7 Å². The Kier molecular flexibility index (Phi) is 3.27. The number of hydrogen-bond donors (Lipinski definition) is 1. The zero-order chi connectivity index (χ0) is 13.4. The van der Waals surface area contributed by atoms with E-state index in [0.29, 0.717) is 16.6 Å². The van der Waals surface area contributed by atoms with Crippen LogP contribution in [-0.4, -0.2) is 6.79 Å². The molecule has 0 bridgehead atoms. The van der Waals surface area contributed by atoms with E-state index in [4.69, 9.17) is 38.4 Å². The summed E-state index contributed by atoms with van der Waals surface area (Å²) in [6, 6.07) is 9.38. The van der Waals surface area contributed by atoms with E-state index in [-0.39, 0.29) is 6.79 Å². The summed E-state index contributed by atoms with van der Waals surface area (Å²) in [5.41, 5.74) is 8.25. The third kappa shape index (κ3) is 2.14. The lowest BCUT2D eigenvalue weighted by Gasteiger charge is -2.11. The highest BCUT2D eigenvalue weighted by molar-refractivity contribution is 6.37. The first kappa shape index (κ1) is 12.6. The van der Waals surface area contributed by atoms with Gasteiger partial charge in [-0.3, -0.25) is 0 Å². The van der Waals surface area contributed by atoms with Gasteiger partial charge in [-0.05, 0) is 23.8 Å². The third-order valence-corrected chi connectivity index (χ3v) is 3.86. The van der Waals surface area contributed by atoms with Crippen molar-refractivity contribution < 1.29 is 9.47 Å². The summed E-state index contributed by atoms with van der Waals surface area (Å²) in [5, 5.41) is 1.16. The van der Waals surface area contributed by atoms with Crippen LogP contribution in [0.3, 0.4) is 0 Å². The fourth-order valence-corrected chi connectivity index (χ4v) is 2.71. The normalized spacial score (nSPS) is 12.8. The summed E-state index contributed by atoms with van der Waals surface area (Å²) in [6.45, 7) is 0.553. The van der Waals surface area contributed by atoms with E-state index in [1.54, 1.807) is 6.07 Å². The highest BCUT2D eigenvalue weighted by Crippen LogP contribution is 2.39. The van der Waals surface area contributed by atoms with Crippen molar-refractivity contribution in [2.45, 2.75) is 6.54 Å². The number of halogens is 2. The largest absolute Gasteiger partial charge is 0.454 e. The molecule has 1 aliphatic rings. The maximum Gasteiger partial charge on any atom is 0.231 e. The van der Waals surface area contributed by atoms with Gasteiger partial charge in [0.05, 0.1) is 5.02 Å². The van der Waals surface area contributed by atoms with Gasteiger partial charge in [0.2, 0.25) is 6.79 Å². The summed E-state index contributed by atoms with van der Waals surface area (Å²) >= 11 is 12.4. The van der Waals surface area contributed by atoms with Crippen LogP contribution in [0.4, 0.5) is 0 Å². The van der Waals surface area contributed by atoms with Gasteiger partial charge in [-0.2, -0.15) is 0 Å². The standard InChI is InChI=1S/C14H11Cl2NO2/c15-11-3-2-9(14(16)10(11)6-17)8-1-4-12-13(5-8)19-7-18-12/h1-5H,6-7,17H2. The smallest absolute Gasteiger partial charge is 0.231 e. The van der Waals surface area contributed by atoms with Crippen LogP contribution < -0.4 is 15.2 Å². The minimum atomic E-state index is 0.251. The van der Waals surface area contributed by atoms with E-state index in [0.717, 1.165) is 28.2 Å². The Morgan fingerprint density at radius 1 is 1.05 bits per heavy atom. The van der Waals surface area contributed by atoms with Crippen molar-refractivity contribution in [3.63, 3.8) is 0 Å². The van der Waals surface area contributed by atoms with Crippen LogP contribution in [0.5, 0.6) is 11.5 Å². The maximum atomic E-state index is 6.36. The van der Waals surface area contributed by atoms with E-state index in [9.17, 15) is 0 Å². The minimum absolute atomic E-state index is 0.251. The highest BCUT2D eigenvalue weighted by Gasteiger charge is 2.16. The van der Waals surface area contributed by atoms with E-state index in [2.05, 4.69) is 0 Å². The van der Waals surface area contributed by atoms with Crippen LogP contribution in [0.25, 0.3) is 11.1 Å². The molecule has 0 radical (unpaired) electrons. The molecule has 1 heterocycles. The quantitative estimate of drug-likeness (QED) is 0.915. The monoisotopic (exact) mass is 295 g/mol. The molecule has 0 amide bonds. The number of hydrogen-bond acceptors (Lipinski definition) is 3. The van der Waals surface area contributed by atoms with E-state index in [1.807, 2.05) is 24.3 Å².